The van der Waals surface area contributed by atoms with Crippen LogP contribution in [-0.4, -0.2) is 15.3 Å². The smallest absolute Gasteiger partial charge is 0.143 e. The lowest BCUT2D eigenvalue weighted by atomic mass is 10.1. The van der Waals surface area contributed by atoms with Gasteiger partial charge in [0.25, 0.3) is 0 Å². The highest BCUT2D eigenvalue weighted by Crippen LogP contribution is 2.14. The van der Waals surface area contributed by atoms with Gasteiger partial charge in [-0.25, -0.2) is 0 Å². The molecule has 0 bridgehead atoms. The maximum atomic E-state index is 8.86. The molecule has 0 amide bonds. The van der Waals surface area contributed by atoms with Crippen molar-refractivity contribution in [1.29, 1.82) is 0 Å². The molecule has 0 radical (unpaired) electrons. The van der Waals surface area contributed by atoms with E-state index in [-0.39, 0.29) is 6.61 Å². The number of halogens is 1. The molecule has 0 aliphatic heterocycles. The molecule has 0 spiro atoms. The highest BCUT2D eigenvalue weighted by molar-refractivity contribution is 7.11. The lowest BCUT2D eigenvalue weighted by Gasteiger charge is -1.98. The van der Waals surface area contributed by atoms with Crippen LogP contribution in [0.4, 0.5) is 0 Å². The highest BCUT2D eigenvalue weighted by atomic mass is 35.5. The predicted octanol–water partition coefficient (Wildman–Crippen LogP) is 2.47. The summed E-state index contributed by atoms with van der Waals surface area (Å²) in [5.41, 5.74) is 1.23. The van der Waals surface area contributed by atoms with Crippen LogP contribution >= 0.6 is 22.9 Å². The Hall–Kier alpha value is -0.970. The molecule has 2 aromatic rings. The Bertz CT molecular complexity index is 455. The standard InChI is InChI=1S/C11H11ClN2OS/c12-9-4-1-8(2-5-9)3-6-10-13-14-11(7-15)16-10/h1-2,4-5,15H,3,6-7H2. The van der Waals surface area contributed by atoms with Crippen molar-refractivity contribution in [3.05, 3.63) is 44.9 Å². The number of aliphatic hydroxyl groups excluding tert-OH is 1. The van der Waals surface area contributed by atoms with Gasteiger partial charge < -0.3 is 5.11 Å². The summed E-state index contributed by atoms with van der Waals surface area (Å²) in [5.74, 6) is 0. The fraction of sp³-hybridized carbons (Fsp3) is 0.273. The number of aliphatic hydroxyl groups is 1. The normalized spacial score (nSPS) is 10.6. The molecule has 0 saturated heterocycles. The van der Waals surface area contributed by atoms with Crippen LogP contribution in [0, 0.1) is 0 Å². The van der Waals surface area contributed by atoms with E-state index in [1.54, 1.807) is 0 Å². The summed E-state index contributed by atoms with van der Waals surface area (Å²) >= 11 is 7.26. The third-order valence-corrected chi connectivity index (χ3v) is 3.40. The minimum Gasteiger partial charge on any atom is -0.389 e. The van der Waals surface area contributed by atoms with Crippen molar-refractivity contribution in [1.82, 2.24) is 10.2 Å². The first kappa shape index (κ1) is 11.5. The third-order valence-electron chi connectivity index (χ3n) is 2.18. The van der Waals surface area contributed by atoms with Crippen molar-refractivity contribution in [2.45, 2.75) is 19.4 Å². The molecule has 0 fully saturated rings. The SMILES string of the molecule is OCc1nnc(CCc2ccc(Cl)cc2)s1. The second-order valence-corrected chi connectivity index (χ2v) is 4.96. The van der Waals surface area contributed by atoms with Gasteiger partial charge in [-0.15, -0.1) is 10.2 Å². The molecule has 16 heavy (non-hydrogen) atoms. The zero-order valence-electron chi connectivity index (χ0n) is 8.56. The van der Waals surface area contributed by atoms with Crippen molar-refractivity contribution >= 4 is 22.9 Å². The van der Waals surface area contributed by atoms with Crippen LogP contribution in [0.15, 0.2) is 24.3 Å². The van der Waals surface area contributed by atoms with Gasteiger partial charge in [-0.1, -0.05) is 35.1 Å². The molecule has 3 nitrogen and oxygen atoms in total. The number of hydrogen-bond acceptors (Lipinski definition) is 4. The number of rotatable bonds is 4. The molecule has 2 rings (SSSR count). The largest absolute Gasteiger partial charge is 0.389 e. The van der Waals surface area contributed by atoms with Gasteiger partial charge >= 0.3 is 0 Å². The Kier molecular flexibility index (Phi) is 3.88. The predicted molar refractivity (Wildman–Crippen MR) is 64.7 cm³/mol. The summed E-state index contributed by atoms with van der Waals surface area (Å²) in [4.78, 5) is 0. The Morgan fingerprint density at radius 1 is 1.06 bits per heavy atom. The van der Waals surface area contributed by atoms with E-state index in [4.69, 9.17) is 16.7 Å². The summed E-state index contributed by atoms with van der Waals surface area (Å²) in [6, 6.07) is 7.79. The minimum absolute atomic E-state index is 0.0292. The summed E-state index contributed by atoms with van der Waals surface area (Å²) in [6.45, 7) is -0.0292. The number of aromatic nitrogens is 2. The highest BCUT2D eigenvalue weighted by Gasteiger charge is 2.03. The van der Waals surface area contributed by atoms with Gasteiger partial charge in [0, 0.05) is 11.4 Å². The first-order valence-corrected chi connectivity index (χ1v) is 6.14. The molecule has 84 valence electrons. The summed E-state index contributed by atoms with van der Waals surface area (Å²) < 4.78 is 0. The van der Waals surface area contributed by atoms with Crippen LogP contribution in [0.2, 0.25) is 5.02 Å². The van der Waals surface area contributed by atoms with E-state index >= 15 is 0 Å². The Labute approximate surface area is 103 Å². The van der Waals surface area contributed by atoms with E-state index in [9.17, 15) is 0 Å². The van der Waals surface area contributed by atoms with Gasteiger partial charge in [0.15, 0.2) is 0 Å². The molecule has 1 N–H and O–H groups in total. The fourth-order valence-electron chi connectivity index (χ4n) is 1.36. The average molecular weight is 255 g/mol. The molecular formula is C11H11ClN2OS. The van der Waals surface area contributed by atoms with E-state index in [1.165, 1.54) is 16.9 Å². The first-order chi connectivity index (χ1) is 7.78. The lowest BCUT2D eigenvalue weighted by molar-refractivity contribution is 0.280. The van der Waals surface area contributed by atoms with E-state index in [0.29, 0.717) is 5.01 Å². The van der Waals surface area contributed by atoms with Crippen LogP contribution in [0.1, 0.15) is 15.6 Å². The number of nitrogens with zero attached hydrogens (tertiary/aromatic N) is 2. The molecule has 0 unspecified atom stereocenters. The van der Waals surface area contributed by atoms with Crippen LogP contribution < -0.4 is 0 Å². The van der Waals surface area contributed by atoms with Gasteiger partial charge in [-0.05, 0) is 24.1 Å². The van der Waals surface area contributed by atoms with Crippen molar-refractivity contribution in [3.63, 3.8) is 0 Å². The zero-order chi connectivity index (χ0) is 11.4. The van der Waals surface area contributed by atoms with Crippen molar-refractivity contribution in [2.75, 3.05) is 0 Å². The summed E-state index contributed by atoms with van der Waals surface area (Å²) in [7, 11) is 0. The minimum atomic E-state index is -0.0292. The van der Waals surface area contributed by atoms with E-state index < -0.39 is 0 Å². The summed E-state index contributed by atoms with van der Waals surface area (Å²) in [5, 5.41) is 19.1. The first-order valence-electron chi connectivity index (χ1n) is 4.94. The second-order valence-electron chi connectivity index (χ2n) is 3.37. The molecule has 1 aromatic carbocycles. The molecule has 0 atom stereocenters. The van der Waals surface area contributed by atoms with Crippen LogP contribution in [0.5, 0.6) is 0 Å². The Morgan fingerprint density at radius 2 is 1.75 bits per heavy atom. The molecule has 0 saturated carbocycles. The van der Waals surface area contributed by atoms with Crippen molar-refractivity contribution in [2.24, 2.45) is 0 Å². The monoisotopic (exact) mass is 254 g/mol. The second kappa shape index (κ2) is 5.39. The maximum absolute atomic E-state index is 8.86. The summed E-state index contributed by atoms with van der Waals surface area (Å²) in [6.07, 6.45) is 1.76. The van der Waals surface area contributed by atoms with Gasteiger partial charge in [0.1, 0.15) is 10.0 Å². The maximum Gasteiger partial charge on any atom is 0.143 e. The zero-order valence-corrected chi connectivity index (χ0v) is 10.1. The molecule has 0 aliphatic rings. The Balaban J connectivity index is 1.94. The lowest BCUT2D eigenvalue weighted by Crippen LogP contribution is -1.90. The quantitative estimate of drug-likeness (QED) is 0.912. The topological polar surface area (TPSA) is 46.0 Å². The van der Waals surface area contributed by atoms with Gasteiger partial charge in [0.2, 0.25) is 0 Å². The molecule has 0 aliphatic carbocycles. The molecule has 1 aromatic heterocycles. The number of aryl methyl sites for hydroxylation is 2. The average Bonchev–Trinajstić information content (AvgIpc) is 2.76. The molecular weight excluding hydrogens is 244 g/mol. The number of hydrogen-bond donors (Lipinski definition) is 1. The molecule has 1 heterocycles. The van der Waals surface area contributed by atoms with Crippen LogP contribution in [0.25, 0.3) is 0 Å². The van der Waals surface area contributed by atoms with Crippen molar-refractivity contribution < 1.29 is 5.11 Å². The van der Waals surface area contributed by atoms with Crippen LogP contribution in [-0.2, 0) is 19.4 Å². The third kappa shape index (κ3) is 3.01. The van der Waals surface area contributed by atoms with Gasteiger partial charge in [0.05, 0.1) is 6.61 Å². The molecule has 5 heteroatoms. The van der Waals surface area contributed by atoms with E-state index in [0.717, 1.165) is 22.9 Å². The Morgan fingerprint density at radius 3 is 2.38 bits per heavy atom. The van der Waals surface area contributed by atoms with Crippen LogP contribution in [0.3, 0.4) is 0 Å². The number of benzene rings is 1. The van der Waals surface area contributed by atoms with E-state index in [1.807, 2.05) is 24.3 Å². The fourth-order valence-corrected chi connectivity index (χ4v) is 2.19. The van der Waals surface area contributed by atoms with Gasteiger partial charge in [-0.3, -0.25) is 0 Å². The van der Waals surface area contributed by atoms with E-state index in [2.05, 4.69) is 10.2 Å². The van der Waals surface area contributed by atoms with Crippen molar-refractivity contribution in [3.8, 4) is 0 Å². The van der Waals surface area contributed by atoms with Gasteiger partial charge in [-0.2, -0.15) is 0 Å².